The van der Waals surface area contributed by atoms with Crippen molar-refractivity contribution in [3.05, 3.63) is 53.9 Å². The molecule has 0 fully saturated rings. The van der Waals surface area contributed by atoms with Crippen molar-refractivity contribution in [2.24, 2.45) is 0 Å². The number of aliphatic hydroxyl groups excluding tert-OH is 1. The molecular weight excluding hydrogens is 286 g/mol. The lowest BCUT2D eigenvalue weighted by Gasteiger charge is -2.29. The minimum absolute atomic E-state index is 0.163. The Balaban J connectivity index is 1.95. The van der Waals surface area contributed by atoms with E-state index >= 15 is 0 Å². The molecule has 0 saturated heterocycles. The molecule has 2 N–H and O–H groups in total. The molecule has 2 rings (SSSR count). The first-order chi connectivity index (χ1) is 10.7. The number of hydrogen-bond acceptors (Lipinski definition) is 3. The molecule has 23 heavy (non-hydrogen) atoms. The van der Waals surface area contributed by atoms with Gasteiger partial charge >= 0.3 is 0 Å². The van der Waals surface area contributed by atoms with Crippen LogP contribution in [0, 0.1) is 0 Å². The smallest absolute Gasteiger partial charge is 0.0860 e. The van der Waals surface area contributed by atoms with Crippen LogP contribution in [0.4, 0.5) is 0 Å². The van der Waals surface area contributed by atoms with Gasteiger partial charge in [0.2, 0.25) is 0 Å². The highest BCUT2D eigenvalue weighted by Gasteiger charge is 2.22. The number of nitrogens with one attached hydrogen (secondary N) is 1. The Labute approximate surface area is 139 Å². The zero-order chi connectivity index (χ0) is 17.1. The Hall–Kier alpha value is -1.65. The second kappa shape index (κ2) is 6.85. The van der Waals surface area contributed by atoms with Gasteiger partial charge in [0.25, 0.3) is 0 Å². The van der Waals surface area contributed by atoms with E-state index in [0.29, 0.717) is 13.1 Å². The van der Waals surface area contributed by atoms with Crippen LogP contribution < -0.4 is 5.32 Å². The van der Waals surface area contributed by atoms with Gasteiger partial charge in [-0.25, -0.2) is 0 Å². The summed E-state index contributed by atoms with van der Waals surface area (Å²) in [6, 6.07) is 10.6. The third-order valence-electron chi connectivity index (χ3n) is 4.21. The average molecular weight is 315 g/mol. The summed E-state index contributed by atoms with van der Waals surface area (Å²) in [5.74, 6) is 0. The van der Waals surface area contributed by atoms with E-state index in [-0.39, 0.29) is 11.0 Å². The van der Waals surface area contributed by atoms with E-state index in [1.54, 1.807) is 10.9 Å². The van der Waals surface area contributed by atoms with Crippen molar-refractivity contribution in [2.45, 2.75) is 58.2 Å². The fourth-order valence-electron chi connectivity index (χ4n) is 2.55. The first kappa shape index (κ1) is 17.7. The van der Waals surface area contributed by atoms with E-state index < -0.39 is 6.10 Å². The van der Waals surface area contributed by atoms with Gasteiger partial charge in [-0.05, 0) is 36.5 Å². The largest absolute Gasteiger partial charge is 0.390 e. The summed E-state index contributed by atoms with van der Waals surface area (Å²) >= 11 is 0. The summed E-state index contributed by atoms with van der Waals surface area (Å²) < 4.78 is 1.75. The molecule has 1 unspecified atom stereocenters. The van der Waals surface area contributed by atoms with Crippen molar-refractivity contribution >= 4 is 0 Å². The number of aromatic nitrogens is 2. The quantitative estimate of drug-likeness (QED) is 0.861. The van der Waals surface area contributed by atoms with Crippen molar-refractivity contribution in [1.82, 2.24) is 15.1 Å². The summed E-state index contributed by atoms with van der Waals surface area (Å²) in [6.45, 7) is 12.0. The van der Waals surface area contributed by atoms with Crippen LogP contribution in [-0.2, 0) is 17.5 Å². The highest BCUT2D eigenvalue weighted by Crippen LogP contribution is 2.26. The molecule has 1 aromatic carbocycles. The number of rotatable bonds is 6. The maximum absolute atomic E-state index is 10.2. The minimum atomic E-state index is -0.469. The first-order valence-electron chi connectivity index (χ1n) is 8.20. The zero-order valence-electron chi connectivity index (χ0n) is 14.9. The first-order valence-corrected chi connectivity index (χ1v) is 8.20. The number of aliphatic hydroxyl groups is 1. The van der Waals surface area contributed by atoms with Crippen LogP contribution in [0.5, 0.6) is 0 Å². The molecule has 126 valence electrons. The summed E-state index contributed by atoms with van der Waals surface area (Å²) in [4.78, 5) is 0. The molecule has 0 spiro atoms. The van der Waals surface area contributed by atoms with Gasteiger partial charge in [-0.15, -0.1) is 0 Å². The van der Waals surface area contributed by atoms with Crippen molar-refractivity contribution in [3.8, 4) is 0 Å². The second-order valence-electron chi connectivity index (χ2n) is 7.72. The van der Waals surface area contributed by atoms with Gasteiger partial charge in [0.05, 0.1) is 12.6 Å². The minimum Gasteiger partial charge on any atom is -0.390 e. The van der Waals surface area contributed by atoms with Crippen molar-refractivity contribution < 1.29 is 5.11 Å². The summed E-state index contributed by atoms with van der Waals surface area (Å²) in [5.41, 5.74) is 2.52. The SMILES string of the molecule is CC(C)(C)c1ccc(C(C)(C)NCC(O)Cn2cccn2)cc1. The molecule has 0 saturated carbocycles. The van der Waals surface area contributed by atoms with Crippen molar-refractivity contribution in [3.63, 3.8) is 0 Å². The normalized spacial score (nSPS) is 14.0. The zero-order valence-corrected chi connectivity index (χ0v) is 14.9. The molecule has 0 aliphatic carbocycles. The lowest BCUT2D eigenvalue weighted by Crippen LogP contribution is -2.42. The monoisotopic (exact) mass is 315 g/mol. The lowest BCUT2D eigenvalue weighted by molar-refractivity contribution is 0.136. The Morgan fingerprint density at radius 2 is 1.70 bits per heavy atom. The van der Waals surface area contributed by atoms with Gasteiger partial charge in [0.15, 0.2) is 0 Å². The third kappa shape index (κ3) is 4.91. The summed E-state index contributed by atoms with van der Waals surface area (Å²) in [5, 5.41) is 17.7. The molecular formula is C19H29N3O. The predicted molar refractivity (Wildman–Crippen MR) is 94.4 cm³/mol. The van der Waals surface area contributed by atoms with Crippen LogP contribution in [0.25, 0.3) is 0 Å². The Morgan fingerprint density at radius 3 is 2.22 bits per heavy atom. The van der Waals surface area contributed by atoms with Crippen LogP contribution in [0.15, 0.2) is 42.7 Å². The van der Waals surface area contributed by atoms with Crippen molar-refractivity contribution in [2.75, 3.05) is 6.54 Å². The molecule has 1 aromatic heterocycles. The number of benzene rings is 1. The molecule has 0 aliphatic rings. The fourth-order valence-corrected chi connectivity index (χ4v) is 2.55. The molecule has 2 aromatic rings. The highest BCUT2D eigenvalue weighted by molar-refractivity contribution is 5.31. The van der Waals surface area contributed by atoms with Gasteiger partial charge in [-0.3, -0.25) is 4.68 Å². The fraction of sp³-hybridized carbons (Fsp3) is 0.526. The maximum Gasteiger partial charge on any atom is 0.0860 e. The van der Waals surface area contributed by atoms with Gasteiger partial charge in [-0.2, -0.15) is 5.10 Å². The number of nitrogens with zero attached hydrogens (tertiary/aromatic N) is 2. The summed E-state index contributed by atoms with van der Waals surface area (Å²) in [6.07, 6.45) is 3.11. The molecule has 4 heteroatoms. The standard InChI is InChI=1S/C19H29N3O/c1-18(2,3)15-7-9-16(10-8-15)19(4,5)20-13-17(23)14-22-12-6-11-21-22/h6-12,17,20,23H,13-14H2,1-5H3. The molecule has 0 radical (unpaired) electrons. The Bertz CT molecular complexity index is 595. The topological polar surface area (TPSA) is 50.1 Å². The third-order valence-corrected chi connectivity index (χ3v) is 4.21. The lowest BCUT2D eigenvalue weighted by atomic mass is 9.84. The van der Waals surface area contributed by atoms with Crippen LogP contribution in [-0.4, -0.2) is 27.5 Å². The van der Waals surface area contributed by atoms with Gasteiger partial charge in [0.1, 0.15) is 0 Å². The molecule has 1 heterocycles. The van der Waals surface area contributed by atoms with E-state index in [4.69, 9.17) is 0 Å². The average Bonchev–Trinajstić information content (AvgIpc) is 2.97. The van der Waals surface area contributed by atoms with Gasteiger partial charge in [-0.1, -0.05) is 45.0 Å². The highest BCUT2D eigenvalue weighted by atomic mass is 16.3. The van der Waals surface area contributed by atoms with Crippen LogP contribution >= 0.6 is 0 Å². The van der Waals surface area contributed by atoms with E-state index in [9.17, 15) is 5.11 Å². The van der Waals surface area contributed by atoms with E-state index in [2.05, 4.69) is 69.3 Å². The van der Waals surface area contributed by atoms with E-state index in [1.165, 1.54) is 11.1 Å². The second-order valence-corrected chi connectivity index (χ2v) is 7.72. The van der Waals surface area contributed by atoms with E-state index in [1.807, 2.05) is 12.3 Å². The predicted octanol–water partition coefficient (Wildman–Crippen LogP) is 3.07. The molecule has 0 bridgehead atoms. The van der Waals surface area contributed by atoms with Crippen LogP contribution in [0.2, 0.25) is 0 Å². The van der Waals surface area contributed by atoms with Gasteiger partial charge in [0, 0.05) is 24.5 Å². The summed E-state index contributed by atoms with van der Waals surface area (Å²) in [7, 11) is 0. The van der Waals surface area contributed by atoms with Crippen LogP contribution in [0.1, 0.15) is 45.7 Å². The van der Waals surface area contributed by atoms with Crippen LogP contribution in [0.3, 0.4) is 0 Å². The molecule has 0 aliphatic heterocycles. The molecule has 0 amide bonds. The Morgan fingerprint density at radius 1 is 1.09 bits per heavy atom. The van der Waals surface area contributed by atoms with E-state index in [0.717, 1.165) is 0 Å². The van der Waals surface area contributed by atoms with Gasteiger partial charge < -0.3 is 10.4 Å². The maximum atomic E-state index is 10.2. The van der Waals surface area contributed by atoms with Crippen molar-refractivity contribution in [1.29, 1.82) is 0 Å². The molecule has 1 atom stereocenters. The Kier molecular flexibility index (Phi) is 5.27. The number of hydrogen-bond donors (Lipinski definition) is 2. The molecule has 4 nitrogen and oxygen atoms in total.